The number of quaternary nitrogens is 1. The molecule has 1 atom stereocenters. The largest absolute Gasteiger partial charge is 1.00 e. The van der Waals surface area contributed by atoms with Crippen molar-refractivity contribution in [2.45, 2.75) is 39.8 Å². The quantitative estimate of drug-likeness (QED) is 0.417. The van der Waals surface area contributed by atoms with E-state index in [0.29, 0.717) is 0 Å². The van der Waals surface area contributed by atoms with Crippen molar-refractivity contribution in [3.05, 3.63) is 0 Å². The van der Waals surface area contributed by atoms with E-state index in [-0.39, 0.29) is 18.1 Å². The first-order valence-corrected chi connectivity index (χ1v) is 5.14. The lowest BCUT2D eigenvalue weighted by Gasteiger charge is -2.40. The van der Waals surface area contributed by atoms with E-state index >= 15 is 0 Å². The van der Waals surface area contributed by atoms with Gasteiger partial charge in [0.25, 0.3) is 0 Å². The molecule has 1 heterocycles. The van der Waals surface area contributed by atoms with E-state index in [1.165, 1.54) is 26.1 Å². The van der Waals surface area contributed by atoms with E-state index < -0.39 is 0 Å². The molecule has 0 radical (unpaired) electrons. The number of hydrogen-bond donors (Lipinski definition) is 0. The maximum Gasteiger partial charge on any atom is 0.224 e. The monoisotopic (exact) mass is 207 g/mol. The second kappa shape index (κ2) is 4.63. The van der Waals surface area contributed by atoms with Gasteiger partial charge in [-0.1, -0.05) is 6.92 Å². The van der Waals surface area contributed by atoms with Crippen LogP contribution in [-0.4, -0.2) is 36.4 Å². The van der Waals surface area contributed by atoms with Crippen LogP contribution in [0.1, 0.15) is 34.1 Å². The first kappa shape index (κ1) is 13.2. The maximum atomic E-state index is 5.57. The summed E-state index contributed by atoms with van der Waals surface area (Å²) in [6.45, 7) is 13.6. The summed E-state index contributed by atoms with van der Waals surface area (Å²) >= 11 is 0. The fourth-order valence-electron chi connectivity index (χ4n) is 2.25. The van der Waals surface area contributed by atoms with Gasteiger partial charge in [-0.2, -0.15) is 0 Å². The number of epoxide rings is 1. The third-order valence-electron chi connectivity index (χ3n) is 3.43. The topological polar surface area (TPSA) is 12.5 Å². The normalized spacial score (nSPS) is 26.8. The Balaban J connectivity index is 0.00000144. The Morgan fingerprint density at radius 3 is 1.92 bits per heavy atom. The van der Waals surface area contributed by atoms with Gasteiger partial charge >= 0.3 is 0 Å². The van der Waals surface area contributed by atoms with Gasteiger partial charge in [0.05, 0.1) is 19.6 Å². The molecule has 2 nitrogen and oxygen atoms in total. The molecule has 1 saturated heterocycles. The third kappa shape index (κ3) is 2.17. The van der Waals surface area contributed by atoms with E-state index in [0.717, 1.165) is 11.1 Å². The van der Waals surface area contributed by atoms with Crippen LogP contribution >= 0.6 is 0 Å². The number of ether oxygens (including phenoxy) is 1. The SMILES string of the molecule is CCC[N+](CC)(CC)C1(C)CO1.[Cl-]. The van der Waals surface area contributed by atoms with Crippen LogP contribution in [0.5, 0.6) is 0 Å². The highest BCUT2D eigenvalue weighted by molar-refractivity contribution is 4.77. The number of likely N-dealkylation sites (N-methyl/N-ethyl adjacent to an activating group) is 1. The lowest BCUT2D eigenvalue weighted by Crippen LogP contribution is -3.00. The molecule has 80 valence electrons. The summed E-state index contributed by atoms with van der Waals surface area (Å²) in [5.41, 5.74) is 0.152. The fourth-order valence-corrected chi connectivity index (χ4v) is 2.25. The molecular weight excluding hydrogens is 186 g/mol. The molecule has 0 aliphatic carbocycles. The minimum atomic E-state index is 0. The summed E-state index contributed by atoms with van der Waals surface area (Å²) in [5.74, 6) is 0. The van der Waals surface area contributed by atoms with Crippen molar-refractivity contribution >= 4 is 0 Å². The van der Waals surface area contributed by atoms with Crippen molar-refractivity contribution in [1.82, 2.24) is 0 Å². The molecule has 13 heavy (non-hydrogen) atoms. The molecule has 1 aliphatic heterocycles. The van der Waals surface area contributed by atoms with Crippen molar-refractivity contribution in [2.75, 3.05) is 26.2 Å². The Morgan fingerprint density at radius 2 is 1.69 bits per heavy atom. The van der Waals surface area contributed by atoms with Gasteiger partial charge in [-0.3, -0.25) is 4.48 Å². The van der Waals surface area contributed by atoms with Crippen molar-refractivity contribution in [3.8, 4) is 0 Å². The zero-order valence-corrected chi connectivity index (χ0v) is 10.0. The smallest absolute Gasteiger partial charge is 0.224 e. The maximum absolute atomic E-state index is 5.57. The van der Waals surface area contributed by atoms with Crippen LogP contribution in [0.15, 0.2) is 0 Å². The van der Waals surface area contributed by atoms with E-state index in [2.05, 4.69) is 27.7 Å². The average Bonchev–Trinajstić information content (AvgIpc) is 2.81. The predicted molar refractivity (Wildman–Crippen MR) is 50.9 cm³/mol. The van der Waals surface area contributed by atoms with Gasteiger partial charge < -0.3 is 17.1 Å². The van der Waals surface area contributed by atoms with Crippen molar-refractivity contribution in [3.63, 3.8) is 0 Å². The summed E-state index contributed by atoms with van der Waals surface area (Å²) in [5, 5.41) is 0. The van der Waals surface area contributed by atoms with Crippen LogP contribution in [0.25, 0.3) is 0 Å². The molecule has 0 saturated carbocycles. The summed E-state index contributed by atoms with van der Waals surface area (Å²) in [6, 6.07) is 0. The molecule has 3 heteroatoms. The molecule has 0 bridgehead atoms. The Bertz CT molecular complexity index is 153. The number of hydrogen-bond acceptors (Lipinski definition) is 1. The Hall–Kier alpha value is 0.210. The zero-order valence-electron chi connectivity index (χ0n) is 9.27. The second-order valence-electron chi connectivity index (χ2n) is 3.96. The molecule has 0 aromatic carbocycles. The molecule has 0 aromatic heterocycles. The second-order valence-corrected chi connectivity index (χ2v) is 3.96. The highest BCUT2D eigenvalue weighted by Crippen LogP contribution is 2.37. The van der Waals surface area contributed by atoms with E-state index in [9.17, 15) is 0 Å². The number of halogens is 1. The summed E-state index contributed by atoms with van der Waals surface area (Å²) in [6.07, 6.45) is 1.25. The lowest BCUT2D eigenvalue weighted by molar-refractivity contribution is -0.967. The van der Waals surface area contributed by atoms with Gasteiger partial charge in [-0.15, -0.1) is 0 Å². The van der Waals surface area contributed by atoms with Crippen LogP contribution in [-0.2, 0) is 4.74 Å². The van der Waals surface area contributed by atoms with E-state index in [1.807, 2.05) is 0 Å². The van der Waals surface area contributed by atoms with Crippen LogP contribution in [0, 0.1) is 0 Å². The lowest BCUT2D eigenvalue weighted by atomic mass is 10.2. The van der Waals surface area contributed by atoms with Crippen LogP contribution in [0.3, 0.4) is 0 Å². The van der Waals surface area contributed by atoms with E-state index in [4.69, 9.17) is 4.74 Å². The van der Waals surface area contributed by atoms with Crippen molar-refractivity contribution in [2.24, 2.45) is 0 Å². The zero-order chi connectivity index (χ0) is 9.24. The summed E-state index contributed by atoms with van der Waals surface area (Å²) in [4.78, 5) is 0. The third-order valence-corrected chi connectivity index (χ3v) is 3.43. The Labute approximate surface area is 88.3 Å². The van der Waals surface area contributed by atoms with Gasteiger partial charge in [0, 0.05) is 6.92 Å². The highest BCUT2D eigenvalue weighted by atomic mass is 35.5. The molecule has 0 aromatic rings. The van der Waals surface area contributed by atoms with Gasteiger partial charge in [0.1, 0.15) is 6.61 Å². The van der Waals surface area contributed by atoms with Gasteiger partial charge in [0.2, 0.25) is 5.72 Å². The van der Waals surface area contributed by atoms with Gasteiger partial charge in [0.15, 0.2) is 0 Å². The summed E-state index contributed by atoms with van der Waals surface area (Å²) in [7, 11) is 0. The molecule has 0 spiro atoms. The Morgan fingerprint density at radius 1 is 1.23 bits per heavy atom. The molecule has 0 amide bonds. The molecule has 0 N–H and O–H groups in total. The van der Waals surface area contributed by atoms with Gasteiger partial charge in [-0.05, 0) is 20.3 Å². The van der Waals surface area contributed by atoms with Crippen molar-refractivity contribution < 1.29 is 21.6 Å². The highest BCUT2D eigenvalue weighted by Gasteiger charge is 2.56. The first-order chi connectivity index (χ1) is 5.64. The standard InChI is InChI=1S/C10H22NO.ClH/c1-5-8-11(6-2,7-3)10(4)9-12-10;/h5-9H2,1-4H3;1H/q+1;/p-1. The first-order valence-electron chi connectivity index (χ1n) is 5.14. The number of rotatable bonds is 5. The van der Waals surface area contributed by atoms with Gasteiger partial charge in [-0.25, -0.2) is 0 Å². The average molecular weight is 208 g/mol. The predicted octanol–water partition coefficient (Wildman–Crippen LogP) is -0.997. The summed E-state index contributed by atoms with van der Waals surface area (Å²) < 4.78 is 6.71. The van der Waals surface area contributed by atoms with Crippen LogP contribution < -0.4 is 12.4 Å². The fraction of sp³-hybridized carbons (Fsp3) is 1.00. The molecule has 1 unspecified atom stereocenters. The minimum Gasteiger partial charge on any atom is -1.00 e. The Kier molecular flexibility index (Phi) is 4.70. The number of nitrogens with zero attached hydrogens (tertiary/aromatic N) is 1. The van der Waals surface area contributed by atoms with Crippen LogP contribution in [0.2, 0.25) is 0 Å². The minimum absolute atomic E-state index is 0. The molecule has 1 aliphatic rings. The van der Waals surface area contributed by atoms with E-state index in [1.54, 1.807) is 0 Å². The van der Waals surface area contributed by atoms with Crippen LogP contribution in [0.4, 0.5) is 0 Å². The van der Waals surface area contributed by atoms with Crippen molar-refractivity contribution in [1.29, 1.82) is 0 Å². The molecular formula is C10H22ClNO. The molecule has 1 fully saturated rings. The molecule has 1 rings (SSSR count).